The van der Waals surface area contributed by atoms with Crippen molar-refractivity contribution in [3.8, 4) is 0 Å². The van der Waals surface area contributed by atoms with Crippen molar-refractivity contribution in [1.82, 2.24) is 0 Å². The van der Waals surface area contributed by atoms with Gasteiger partial charge in [-0.05, 0) is 0 Å². The SMILES string of the molecule is CC[CH2][Hf]([C]1=CC=CC1)[C]1=CC=CC1. The van der Waals surface area contributed by atoms with Crippen LogP contribution in [0.1, 0.15) is 26.2 Å². The Bertz CT molecular complexity index is 288. The zero-order valence-corrected chi connectivity index (χ0v) is 12.4. The van der Waals surface area contributed by atoms with Crippen LogP contribution < -0.4 is 0 Å². The summed E-state index contributed by atoms with van der Waals surface area (Å²) in [7, 11) is 0. The van der Waals surface area contributed by atoms with Gasteiger partial charge in [-0.25, -0.2) is 0 Å². The maximum atomic E-state index is 2.40. The van der Waals surface area contributed by atoms with E-state index in [1.807, 2.05) is 6.66 Å². The van der Waals surface area contributed by atoms with E-state index < -0.39 is 21.4 Å². The molecule has 0 aromatic rings. The van der Waals surface area contributed by atoms with Crippen molar-refractivity contribution < 1.29 is 21.4 Å². The zero-order chi connectivity index (χ0) is 9.80. The van der Waals surface area contributed by atoms with Gasteiger partial charge in [0.2, 0.25) is 0 Å². The standard InChI is InChI=1S/2C5H5.C3H7.Hf/c2*1-2-4-5-3-1;1-3-2;/h2*1-3H,4H2;1,3H2,2H3;. The van der Waals surface area contributed by atoms with Gasteiger partial charge in [-0.1, -0.05) is 0 Å². The third kappa shape index (κ3) is 2.25. The van der Waals surface area contributed by atoms with E-state index in [1.54, 1.807) is 0 Å². The molecule has 0 atom stereocenters. The number of rotatable bonds is 4. The monoisotopic (exact) mass is 353 g/mol. The van der Waals surface area contributed by atoms with Crippen molar-refractivity contribution in [2.45, 2.75) is 30.4 Å². The molecule has 0 radical (unpaired) electrons. The number of allylic oxidation sites excluding steroid dienone is 8. The van der Waals surface area contributed by atoms with Crippen LogP contribution in [0.3, 0.4) is 0 Å². The fourth-order valence-electron chi connectivity index (χ4n) is 2.12. The van der Waals surface area contributed by atoms with E-state index in [1.165, 1.54) is 23.4 Å². The van der Waals surface area contributed by atoms with Gasteiger partial charge in [0.15, 0.2) is 0 Å². The normalized spacial score (nSPS) is 18.6. The van der Waals surface area contributed by atoms with Crippen LogP contribution in [0, 0.1) is 0 Å². The second-order valence-electron chi connectivity index (χ2n) is 3.88. The van der Waals surface area contributed by atoms with E-state index in [0.29, 0.717) is 0 Å². The van der Waals surface area contributed by atoms with Gasteiger partial charge in [0, 0.05) is 0 Å². The molecule has 2 aliphatic rings. The summed E-state index contributed by atoms with van der Waals surface area (Å²) >= 11 is -1.52. The van der Waals surface area contributed by atoms with E-state index in [-0.39, 0.29) is 0 Å². The summed E-state index contributed by atoms with van der Waals surface area (Å²) in [4.78, 5) is 0. The summed E-state index contributed by atoms with van der Waals surface area (Å²) in [5, 5.41) is 0. The first-order valence-electron chi connectivity index (χ1n) is 5.49. The van der Waals surface area contributed by atoms with E-state index >= 15 is 0 Å². The van der Waals surface area contributed by atoms with Gasteiger partial charge in [-0.3, -0.25) is 0 Å². The van der Waals surface area contributed by atoms with Gasteiger partial charge in [0.1, 0.15) is 0 Å². The van der Waals surface area contributed by atoms with Gasteiger partial charge in [-0.2, -0.15) is 0 Å². The van der Waals surface area contributed by atoms with Crippen molar-refractivity contribution in [3.63, 3.8) is 0 Å². The predicted molar refractivity (Wildman–Crippen MR) is 58.8 cm³/mol. The van der Waals surface area contributed by atoms with Crippen LogP contribution in [0.2, 0.25) is 4.18 Å². The minimum atomic E-state index is -1.52. The molecule has 0 bridgehead atoms. The molecule has 0 heterocycles. The molecule has 0 N–H and O–H groups in total. The van der Waals surface area contributed by atoms with Gasteiger partial charge < -0.3 is 0 Å². The first-order valence-corrected chi connectivity index (χ1v) is 11.6. The average Bonchev–Trinajstić information content (AvgIpc) is 2.87. The molecule has 14 heavy (non-hydrogen) atoms. The third-order valence-corrected chi connectivity index (χ3v) is 14.6. The maximum absolute atomic E-state index is 2.40. The van der Waals surface area contributed by atoms with Crippen molar-refractivity contribution in [3.05, 3.63) is 43.1 Å². The molecule has 0 nitrogen and oxygen atoms in total. The molecule has 0 amide bonds. The molecule has 2 rings (SSSR count). The van der Waals surface area contributed by atoms with Gasteiger partial charge in [0.25, 0.3) is 0 Å². The predicted octanol–water partition coefficient (Wildman–Crippen LogP) is 4.12. The minimum absolute atomic E-state index is 1.26. The summed E-state index contributed by atoms with van der Waals surface area (Å²) in [6.07, 6.45) is 17.8. The quantitative estimate of drug-likeness (QED) is 0.668. The summed E-state index contributed by atoms with van der Waals surface area (Å²) in [5.41, 5.74) is 0. The van der Waals surface area contributed by atoms with Crippen molar-refractivity contribution in [1.29, 1.82) is 0 Å². The van der Waals surface area contributed by atoms with E-state index in [2.05, 4.69) is 43.4 Å². The Hall–Kier alpha value is -0.170. The molecular formula is C13H17Hf. The van der Waals surface area contributed by atoms with Crippen molar-refractivity contribution in [2.24, 2.45) is 0 Å². The van der Waals surface area contributed by atoms with Crippen molar-refractivity contribution in [2.75, 3.05) is 0 Å². The Morgan fingerprint density at radius 2 is 1.64 bits per heavy atom. The van der Waals surface area contributed by atoms with Crippen LogP contribution in [0.5, 0.6) is 0 Å². The molecule has 0 aromatic heterocycles. The van der Waals surface area contributed by atoms with Crippen LogP contribution in [0.25, 0.3) is 0 Å². The molecule has 73 valence electrons. The first-order chi connectivity index (χ1) is 6.92. The second kappa shape index (κ2) is 5.06. The average molecular weight is 352 g/mol. The molecular weight excluding hydrogens is 335 g/mol. The molecule has 0 spiro atoms. The summed E-state index contributed by atoms with van der Waals surface area (Å²) in [5.74, 6) is 0. The van der Waals surface area contributed by atoms with Gasteiger partial charge >= 0.3 is 94.9 Å². The molecule has 2 aliphatic carbocycles. The molecule has 0 fully saturated rings. The molecule has 0 unspecified atom stereocenters. The Labute approximate surface area is 94.6 Å². The molecule has 1 heteroatoms. The van der Waals surface area contributed by atoms with E-state index in [4.69, 9.17) is 0 Å². The summed E-state index contributed by atoms with van der Waals surface area (Å²) in [6, 6.07) is 0. The Balaban J connectivity index is 2.07. The fraction of sp³-hybridized carbons (Fsp3) is 0.385. The first kappa shape index (κ1) is 10.4. The van der Waals surface area contributed by atoms with Crippen LogP contribution in [0.4, 0.5) is 0 Å². The van der Waals surface area contributed by atoms with Crippen LogP contribution in [-0.2, 0) is 21.4 Å². The Morgan fingerprint density at radius 3 is 2.00 bits per heavy atom. The third-order valence-electron chi connectivity index (χ3n) is 2.82. The topological polar surface area (TPSA) is 0 Å². The van der Waals surface area contributed by atoms with E-state index in [0.717, 1.165) is 0 Å². The molecule has 0 aromatic carbocycles. The Kier molecular flexibility index (Phi) is 3.74. The summed E-state index contributed by atoms with van der Waals surface area (Å²) < 4.78 is 5.17. The van der Waals surface area contributed by atoms with Gasteiger partial charge in [0.05, 0.1) is 0 Å². The van der Waals surface area contributed by atoms with Crippen molar-refractivity contribution >= 4 is 0 Å². The Morgan fingerprint density at radius 1 is 1.07 bits per heavy atom. The number of hydrogen-bond donors (Lipinski definition) is 0. The van der Waals surface area contributed by atoms with E-state index in [9.17, 15) is 0 Å². The zero-order valence-electron chi connectivity index (χ0n) is 8.79. The molecule has 0 saturated carbocycles. The van der Waals surface area contributed by atoms with Crippen LogP contribution in [0.15, 0.2) is 43.1 Å². The number of hydrogen-bond acceptors (Lipinski definition) is 0. The van der Waals surface area contributed by atoms with Gasteiger partial charge in [-0.15, -0.1) is 0 Å². The molecule has 0 saturated heterocycles. The van der Waals surface area contributed by atoms with Crippen LogP contribution in [-0.4, -0.2) is 0 Å². The van der Waals surface area contributed by atoms with Crippen LogP contribution >= 0.6 is 0 Å². The summed E-state index contributed by atoms with van der Waals surface area (Å²) in [6.45, 7) is 2.33. The molecule has 0 aliphatic heterocycles. The second-order valence-corrected chi connectivity index (χ2v) is 13.7. The fourth-order valence-corrected chi connectivity index (χ4v) is 12.5.